The summed E-state index contributed by atoms with van der Waals surface area (Å²) in [6.45, 7) is 1.97. The predicted molar refractivity (Wildman–Crippen MR) is 101 cm³/mol. The maximum absolute atomic E-state index is 12.7. The number of aliphatic hydroxyl groups excluding tert-OH is 1. The molecule has 1 aliphatic rings. The first-order chi connectivity index (χ1) is 13.2. The van der Waals surface area contributed by atoms with Crippen LogP contribution in [0.4, 0.5) is 0 Å². The van der Waals surface area contributed by atoms with E-state index in [4.69, 9.17) is 0 Å². The standard InChI is InChI=1S/C20H21N5O2/c26-18-13-25(12-14-4-1-2-8-21-14)11-7-16(18)24-20(27)15-5-3-6-17-19(15)23-10-9-22-17/h1-6,8-10,16,18,26H,7,11-13H2,(H,24,27)/t16-,18-/m1/s1. The number of para-hydroxylation sites is 1. The second-order valence-corrected chi connectivity index (χ2v) is 6.72. The fourth-order valence-electron chi connectivity index (χ4n) is 3.45. The number of amides is 1. The van der Waals surface area contributed by atoms with E-state index >= 15 is 0 Å². The Morgan fingerprint density at radius 1 is 1.11 bits per heavy atom. The summed E-state index contributed by atoms with van der Waals surface area (Å²) in [6.07, 6.45) is 4.99. The maximum Gasteiger partial charge on any atom is 0.253 e. The van der Waals surface area contributed by atoms with Crippen LogP contribution in [0.15, 0.2) is 55.0 Å². The summed E-state index contributed by atoms with van der Waals surface area (Å²) >= 11 is 0. The van der Waals surface area contributed by atoms with Gasteiger partial charge in [0.05, 0.1) is 28.9 Å². The van der Waals surface area contributed by atoms with Crippen molar-refractivity contribution in [2.45, 2.75) is 25.1 Å². The second kappa shape index (κ2) is 7.77. The first-order valence-corrected chi connectivity index (χ1v) is 9.01. The number of piperidine rings is 1. The molecule has 7 heteroatoms. The van der Waals surface area contributed by atoms with Gasteiger partial charge in [-0.15, -0.1) is 0 Å². The molecule has 1 saturated heterocycles. The molecule has 0 spiro atoms. The van der Waals surface area contributed by atoms with Gasteiger partial charge in [-0.3, -0.25) is 24.6 Å². The lowest BCUT2D eigenvalue weighted by molar-refractivity contribution is 0.0345. The summed E-state index contributed by atoms with van der Waals surface area (Å²) in [7, 11) is 0. The summed E-state index contributed by atoms with van der Waals surface area (Å²) in [5, 5.41) is 13.5. The van der Waals surface area contributed by atoms with E-state index in [0.717, 1.165) is 12.2 Å². The topological polar surface area (TPSA) is 91.2 Å². The number of nitrogens with zero attached hydrogens (tertiary/aromatic N) is 4. The minimum atomic E-state index is -0.632. The van der Waals surface area contributed by atoms with Gasteiger partial charge in [0.25, 0.3) is 5.91 Å². The predicted octanol–water partition coefficient (Wildman–Crippen LogP) is 1.39. The average molecular weight is 363 g/mol. The van der Waals surface area contributed by atoms with Gasteiger partial charge < -0.3 is 10.4 Å². The number of fused-ring (bicyclic) bond motifs is 1. The van der Waals surface area contributed by atoms with Crippen LogP contribution in [0.25, 0.3) is 11.0 Å². The molecule has 7 nitrogen and oxygen atoms in total. The summed E-state index contributed by atoms with van der Waals surface area (Å²) in [5.41, 5.74) is 2.70. The Morgan fingerprint density at radius 2 is 2.00 bits per heavy atom. The molecular formula is C20H21N5O2. The fourth-order valence-corrected chi connectivity index (χ4v) is 3.45. The van der Waals surface area contributed by atoms with Crippen LogP contribution in [0.1, 0.15) is 22.5 Å². The van der Waals surface area contributed by atoms with Crippen LogP contribution in [0.5, 0.6) is 0 Å². The average Bonchev–Trinajstić information content (AvgIpc) is 2.70. The highest BCUT2D eigenvalue weighted by molar-refractivity contribution is 6.04. The molecule has 1 amide bonds. The molecule has 3 heterocycles. The number of hydrogen-bond acceptors (Lipinski definition) is 6. The quantitative estimate of drug-likeness (QED) is 0.728. The zero-order valence-electron chi connectivity index (χ0n) is 14.8. The van der Waals surface area contributed by atoms with Crippen molar-refractivity contribution in [2.75, 3.05) is 13.1 Å². The van der Waals surface area contributed by atoms with Crippen molar-refractivity contribution >= 4 is 16.9 Å². The Balaban J connectivity index is 1.41. The highest BCUT2D eigenvalue weighted by atomic mass is 16.3. The second-order valence-electron chi connectivity index (χ2n) is 6.72. The number of hydrogen-bond donors (Lipinski definition) is 2. The lowest BCUT2D eigenvalue weighted by Crippen LogP contribution is -2.53. The molecule has 0 radical (unpaired) electrons. The molecular weight excluding hydrogens is 342 g/mol. The van der Waals surface area contributed by atoms with Gasteiger partial charge in [0, 0.05) is 38.2 Å². The van der Waals surface area contributed by atoms with Gasteiger partial charge in [-0.05, 0) is 30.7 Å². The summed E-state index contributed by atoms with van der Waals surface area (Å²) < 4.78 is 0. The molecule has 2 aromatic heterocycles. The van der Waals surface area contributed by atoms with Gasteiger partial charge in [-0.2, -0.15) is 0 Å². The van der Waals surface area contributed by atoms with E-state index in [-0.39, 0.29) is 11.9 Å². The van der Waals surface area contributed by atoms with Crippen molar-refractivity contribution < 1.29 is 9.90 Å². The van der Waals surface area contributed by atoms with E-state index < -0.39 is 6.10 Å². The molecule has 3 aromatic rings. The first-order valence-electron chi connectivity index (χ1n) is 9.01. The number of nitrogens with one attached hydrogen (secondary N) is 1. The van der Waals surface area contributed by atoms with Crippen LogP contribution in [-0.2, 0) is 6.54 Å². The fraction of sp³-hybridized carbons (Fsp3) is 0.300. The molecule has 0 unspecified atom stereocenters. The maximum atomic E-state index is 12.7. The molecule has 27 heavy (non-hydrogen) atoms. The third kappa shape index (κ3) is 3.94. The molecule has 4 rings (SSSR count). The monoisotopic (exact) mass is 363 g/mol. The van der Waals surface area contributed by atoms with Crippen molar-refractivity contribution in [1.29, 1.82) is 0 Å². The molecule has 2 N–H and O–H groups in total. The number of aromatic nitrogens is 3. The molecule has 1 aromatic carbocycles. The zero-order valence-corrected chi connectivity index (χ0v) is 14.8. The van der Waals surface area contributed by atoms with E-state index in [2.05, 4.69) is 25.2 Å². The van der Waals surface area contributed by atoms with Crippen molar-refractivity contribution in [3.05, 3.63) is 66.2 Å². The minimum absolute atomic E-state index is 0.233. The first kappa shape index (κ1) is 17.5. The Hall–Kier alpha value is -2.90. The number of carbonyl (C=O) groups is 1. The minimum Gasteiger partial charge on any atom is -0.390 e. The summed E-state index contributed by atoms with van der Waals surface area (Å²) in [5.74, 6) is -0.233. The van der Waals surface area contributed by atoms with Crippen molar-refractivity contribution in [3.63, 3.8) is 0 Å². The SMILES string of the molecule is O=C(N[C@@H]1CCN(Cc2ccccn2)C[C@H]1O)c1cccc2nccnc12. The van der Waals surface area contributed by atoms with Gasteiger partial charge in [0.15, 0.2) is 0 Å². The van der Waals surface area contributed by atoms with Gasteiger partial charge in [0.1, 0.15) is 5.52 Å². The molecule has 2 atom stereocenters. The number of aliphatic hydroxyl groups is 1. The summed E-state index contributed by atoms with van der Waals surface area (Å²) in [4.78, 5) is 27.7. The third-order valence-corrected chi connectivity index (χ3v) is 4.84. The van der Waals surface area contributed by atoms with Gasteiger partial charge in [-0.25, -0.2) is 0 Å². The number of pyridine rings is 1. The molecule has 0 bridgehead atoms. The van der Waals surface area contributed by atoms with Crippen molar-refractivity contribution in [1.82, 2.24) is 25.2 Å². The van der Waals surface area contributed by atoms with E-state index in [1.165, 1.54) is 0 Å². The van der Waals surface area contributed by atoms with Crippen molar-refractivity contribution in [3.8, 4) is 0 Å². The van der Waals surface area contributed by atoms with Crippen molar-refractivity contribution in [2.24, 2.45) is 0 Å². The van der Waals surface area contributed by atoms with E-state index in [1.807, 2.05) is 24.3 Å². The Labute approximate surface area is 157 Å². The van der Waals surface area contributed by atoms with E-state index in [1.54, 1.807) is 30.7 Å². The van der Waals surface area contributed by atoms with Gasteiger partial charge in [-0.1, -0.05) is 12.1 Å². The Kier molecular flexibility index (Phi) is 5.04. The number of carbonyl (C=O) groups excluding carboxylic acids is 1. The number of β-amino-alcohol motifs (C(OH)–C–C–N with tert-alkyl or cyclic N) is 1. The molecule has 138 valence electrons. The van der Waals surface area contributed by atoms with Crippen LogP contribution in [0.3, 0.4) is 0 Å². The van der Waals surface area contributed by atoms with Crippen LogP contribution >= 0.6 is 0 Å². The third-order valence-electron chi connectivity index (χ3n) is 4.84. The molecule has 0 aliphatic carbocycles. The highest BCUT2D eigenvalue weighted by Crippen LogP contribution is 2.17. The van der Waals surface area contributed by atoms with Crippen LogP contribution in [0, 0.1) is 0 Å². The Morgan fingerprint density at radius 3 is 2.81 bits per heavy atom. The van der Waals surface area contributed by atoms with Crippen LogP contribution in [-0.4, -0.2) is 56.1 Å². The largest absolute Gasteiger partial charge is 0.390 e. The molecule has 1 fully saturated rings. The summed E-state index contributed by atoms with van der Waals surface area (Å²) in [6, 6.07) is 10.9. The zero-order chi connectivity index (χ0) is 18.6. The van der Waals surface area contributed by atoms with E-state index in [0.29, 0.717) is 36.1 Å². The number of benzene rings is 1. The van der Waals surface area contributed by atoms with Gasteiger partial charge >= 0.3 is 0 Å². The number of rotatable bonds is 4. The van der Waals surface area contributed by atoms with Crippen LogP contribution in [0.2, 0.25) is 0 Å². The van der Waals surface area contributed by atoms with Gasteiger partial charge in [0.2, 0.25) is 0 Å². The lowest BCUT2D eigenvalue weighted by Gasteiger charge is -2.36. The smallest absolute Gasteiger partial charge is 0.253 e. The van der Waals surface area contributed by atoms with E-state index in [9.17, 15) is 9.90 Å². The van der Waals surface area contributed by atoms with Crippen LogP contribution < -0.4 is 5.32 Å². The molecule has 1 aliphatic heterocycles. The molecule has 0 saturated carbocycles. The Bertz CT molecular complexity index is 929. The lowest BCUT2D eigenvalue weighted by atomic mass is 10.0. The highest BCUT2D eigenvalue weighted by Gasteiger charge is 2.29. The number of likely N-dealkylation sites (tertiary alicyclic amines) is 1. The normalized spacial score (nSPS) is 20.5.